The van der Waals surface area contributed by atoms with Gasteiger partial charge < -0.3 is 14.9 Å². The summed E-state index contributed by atoms with van der Waals surface area (Å²) in [5.74, 6) is 0.639. The summed E-state index contributed by atoms with van der Waals surface area (Å²) >= 11 is 0. The molecule has 1 amide bonds. The molecule has 0 spiro atoms. The van der Waals surface area contributed by atoms with E-state index in [9.17, 15) is 4.79 Å². The van der Waals surface area contributed by atoms with Crippen molar-refractivity contribution in [2.24, 2.45) is 0 Å². The highest BCUT2D eigenvalue weighted by Gasteiger charge is 2.22. The summed E-state index contributed by atoms with van der Waals surface area (Å²) in [5.41, 5.74) is 0.524. The Hall–Kier alpha value is -2.29. The minimum Gasteiger partial charge on any atom is -0.465 e. The zero-order valence-corrected chi connectivity index (χ0v) is 9.20. The van der Waals surface area contributed by atoms with Crippen LogP contribution in [0.15, 0.2) is 18.3 Å². The lowest BCUT2D eigenvalue weighted by Gasteiger charge is -2.34. The van der Waals surface area contributed by atoms with Crippen LogP contribution in [0.3, 0.4) is 0 Å². The molecule has 6 heteroatoms. The maximum absolute atomic E-state index is 10.8. The lowest BCUT2D eigenvalue weighted by Crippen LogP contribution is -2.48. The Morgan fingerprint density at radius 3 is 2.71 bits per heavy atom. The zero-order chi connectivity index (χ0) is 12.3. The first kappa shape index (κ1) is 11.2. The summed E-state index contributed by atoms with van der Waals surface area (Å²) in [6.45, 7) is 2.02. The van der Waals surface area contributed by atoms with Gasteiger partial charge in [-0.25, -0.2) is 9.78 Å². The third-order valence-electron chi connectivity index (χ3n) is 2.76. The minimum absolute atomic E-state index is 0.441. The third kappa shape index (κ3) is 2.28. The smallest absolute Gasteiger partial charge is 0.407 e. The molecule has 6 nitrogen and oxygen atoms in total. The zero-order valence-electron chi connectivity index (χ0n) is 9.20. The molecule has 0 unspecified atom stereocenters. The van der Waals surface area contributed by atoms with Crippen molar-refractivity contribution >= 4 is 11.9 Å². The normalized spacial score (nSPS) is 15.5. The number of amides is 1. The summed E-state index contributed by atoms with van der Waals surface area (Å²) in [7, 11) is 0. The second-order valence-electron chi connectivity index (χ2n) is 3.74. The van der Waals surface area contributed by atoms with E-state index in [4.69, 9.17) is 10.4 Å². The number of hydrogen-bond acceptors (Lipinski definition) is 4. The highest BCUT2D eigenvalue weighted by molar-refractivity contribution is 5.65. The molecule has 1 N–H and O–H groups in total. The average molecular weight is 232 g/mol. The van der Waals surface area contributed by atoms with Gasteiger partial charge in [-0.15, -0.1) is 0 Å². The fourth-order valence-corrected chi connectivity index (χ4v) is 1.85. The van der Waals surface area contributed by atoms with Crippen LogP contribution < -0.4 is 4.90 Å². The van der Waals surface area contributed by atoms with Crippen LogP contribution in [0.1, 0.15) is 5.56 Å². The van der Waals surface area contributed by atoms with Crippen molar-refractivity contribution in [1.29, 1.82) is 5.26 Å². The van der Waals surface area contributed by atoms with Gasteiger partial charge in [0.1, 0.15) is 11.9 Å². The van der Waals surface area contributed by atoms with Gasteiger partial charge in [-0.3, -0.25) is 0 Å². The molecule has 0 bridgehead atoms. The van der Waals surface area contributed by atoms with Crippen LogP contribution in [0.4, 0.5) is 10.6 Å². The second kappa shape index (κ2) is 4.70. The first-order valence-corrected chi connectivity index (χ1v) is 5.30. The number of carboxylic acid groups (broad SMARTS) is 1. The fraction of sp³-hybridized carbons (Fsp3) is 0.364. The Balaban J connectivity index is 2.11. The average Bonchev–Trinajstić information content (AvgIpc) is 2.39. The van der Waals surface area contributed by atoms with Crippen LogP contribution in [0.25, 0.3) is 0 Å². The van der Waals surface area contributed by atoms with Gasteiger partial charge in [0.05, 0.1) is 5.56 Å². The lowest BCUT2D eigenvalue weighted by molar-refractivity contribution is 0.142. The Morgan fingerprint density at radius 2 is 2.12 bits per heavy atom. The van der Waals surface area contributed by atoms with Gasteiger partial charge in [0.2, 0.25) is 0 Å². The molecule has 1 fully saturated rings. The van der Waals surface area contributed by atoms with E-state index in [1.807, 2.05) is 4.90 Å². The summed E-state index contributed by atoms with van der Waals surface area (Å²) in [4.78, 5) is 18.2. The lowest BCUT2D eigenvalue weighted by atomic mass is 10.2. The molecule has 1 aliphatic rings. The monoisotopic (exact) mass is 232 g/mol. The Bertz CT molecular complexity index is 461. The van der Waals surface area contributed by atoms with E-state index in [0.29, 0.717) is 37.6 Å². The SMILES string of the molecule is N#Cc1cccnc1N1CCN(C(=O)O)CC1. The van der Waals surface area contributed by atoms with Crippen LogP contribution in [-0.4, -0.2) is 47.3 Å². The highest BCUT2D eigenvalue weighted by atomic mass is 16.4. The molecule has 0 atom stereocenters. The first-order chi connectivity index (χ1) is 8.22. The Kier molecular flexibility index (Phi) is 3.10. The van der Waals surface area contributed by atoms with Crippen molar-refractivity contribution < 1.29 is 9.90 Å². The van der Waals surface area contributed by atoms with Crippen LogP contribution in [-0.2, 0) is 0 Å². The van der Waals surface area contributed by atoms with E-state index in [1.54, 1.807) is 18.3 Å². The summed E-state index contributed by atoms with van der Waals surface area (Å²) in [6.07, 6.45) is 0.742. The number of pyridine rings is 1. The van der Waals surface area contributed by atoms with Gasteiger partial charge in [-0.2, -0.15) is 5.26 Å². The summed E-state index contributed by atoms with van der Waals surface area (Å²) in [6, 6.07) is 5.52. The summed E-state index contributed by atoms with van der Waals surface area (Å²) in [5, 5.41) is 17.8. The maximum Gasteiger partial charge on any atom is 0.407 e. The van der Waals surface area contributed by atoms with Crippen LogP contribution in [0.2, 0.25) is 0 Å². The predicted molar refractivity (Wildman–Crippen MR) is 60.8 cm³/mol. The number of nitrogens with zero attached hydrogens (tertiary/aromatic N) is 4. The molecule has 0 radical (unpaired) electrons. The van der Waals surface area contributed by atoms with E-state index in [0.717, 1.165) is 0 Å². The number of aromatic nitrogens is 1. The molecule has 88 valence electrons. The number of piperazine rings is 1. The molecule has 0 saturated carbocycles. The predicted octanol–water partition coefficient (Wildman–Crippen LogP) is 0.753. The van der Waals surface area contributed by atoms with Crippen molar-refractivity contribution in [3.8, 4) is 6.07 Å². The topological polar surface area (TPSA) is 80.5 Å². The largest absolute Gasteiger partial charge is 0.465 e. The van der Waals surface area contributed by atoms with E-state index in [2.05, 4.69) is 11.1 Å². The number of carbonyl (C=O) groups is 1. The number of hydrogen-bond donors (Lipinski definition) is 1. The number of anilines is 1. The van der Waals surface area contributed by atoms with Crippen molar-refractivity contribution in [3.05, 3.63) is 23.9 Å². The van der Waals surface area contributed by atoms with Crippen molar-refractivity contribution in [2.75, 3.05) is 31.1 Å². The van der Waals surface area contributed by atoms with E-state index in [1.165, 1.54) is 4.90 Å². The Labute approximate surface area is 98.7 Å². The van der Waals surface area contributed by atoms with Gasteiger partial charge >= 0.3 is 6.09 Å². The number of rotatable bonds is 1. The van der Waals surface area contributed by atoms with Crippen molar-refractivity contribution in [2.45, 2.75) is 0 Å². The maximum atomic E-state index is 10.8. The Morgan fingerprint density at radius 1 is 1.41 bits per heavy atom. The van der Waals surface area contributed by atoms with Gasteiger partial charge in [0, 0.05) is 32.4 Å². The van der Waals surface area contributed by atoms with E-state index >= 15 is 0 Å². The quantitative estimate of drug-likeness (QED) is 0.772. The van der Waals surface area contributed by atoms with Gasteiger partial charge in [-0.1, -0.05) is 0 Å². The highest BCUT2D eigenvalue weighted by Crippen LogP contribution is 2.17. The van der Waals surface area contributed by atoms with E-state index in [-0.39, 0.29) is 0 Å². The fourth-order valence-electron chi connectivity index (χ4n) is 1.85. The molecule has 1 aliphatic heterocycles. The minimum atomic E-state index is -0.897. The number of nitriles is 1. The second-order valence-corrected chi connectivity index (χ2v) is 3.74. The van der Waals surface area contributed by atoms with Crippen LogP contribution in [0.5, 0.6) is 0 Å². The molecule has 2 heterocycles. The van der Waals surface area contributed by atoms with Crippen molar-refractivity contribution in [3.63, 3.8) is 0 Å². The molecular weight excluding hydrogens is 220 g/mol. The molecule has 1 aromatic heterocycles. The van der Waals surface area contributed by atoms with Gasteiger partial charge in [0.25, 0.3) is 0 Å². The van der Waals surface area contributed by atoms with E-state index < -0.39 is 6.09 Å². The summed E-state index contributed by atoms with van der Waals surface area (Å²) < 4.78 is 0. The molecule has 1 aromatic rings. The first-order valence-electron chi connectivity index (χ1n) is 5.30. The van der Waals surface area contributed by atoms with Gasteiger partial charge in [0.15, 0.2) is 0 Å². The molecule has 0 aromatic carbocycles. The molecule has 2 rings (SSSR count). The molecule has 1 saturated heterocycles. The van der Waals surface area contributed by atoms with Crippen molar-refractivity contribution in [1.82, 2.24) is 9.88 Å². The third-order valence-corrected chi connectivity index (χ3v) is 2.76. The molecular formula is C11H12N4O2. The van der Waals surface area contributed by atoms with Crippen LogP contribution >= 0.6 is 0 Å². The molecule has 17 heavy (non-hydrogen) atoms. The van der Waals surface area contributed by atoms with Gasteiger partial charge in [-0.05, 0) is 12.1 Å². The van der Waals surface area contributed by atoms with Crippen LogP contribution in [0, 0.1) is 11.3 Å². The standard InChI is InChI=1S/C11H12N4O2/c12-8-9-2-1-3-13-10(9)14-4-6-15(7-5-14)11(16)17/h1-3H,4-7H2,(H,16,17). The molecule has 0 aliphatic carbocycles.